The second-order valence-corrected chi connectivity index (χ2v) is 7.96. The average Bonchev–Trinajstić information content (AvgIpc) is 2.69. The third-order valence-corrected chi connectivity index (χ3v) is 5.73. The number of amides is 2. The van der Waals surface area contributed by atoms with E-state index in [4.69, 9.17) is 4.74 Å². The van der Waals surface area contributed by atoms with Gasteiger partial charge in [0.05, 0.1) is 0 Å². The van der Waals surface area contributed by atoms with Gasteiger partial charge in [-0.15, -0.1) is 0 Å². The van der Waals surface area contributed by atoms with Crippen LogP contribution in [0.5, 0.6) is 5.75 Å². The number of carbonyl (C=O) groups excluding carboxylic acids is 3. The van der Waals surface area contributed by atoms with Crippen LogP contribution in [-0.4, -0.2) is 41.8 Å². The Morgan fingerprint density at radius 1 is 1.07 bits per heavy atom. The number of hydrogen-bond acceptors (Lipinski definition) is 4. The summed E-state index contributed by atoms with van der Waals surface area (Å²) in [5.74, 6) is 0.598. The highest BCUT2D eigenvalue weighted by atomic mass is 16.5. The van der Waals surface area contributed by atoms with Crippen molar-refractivity contribution in [3.63, 3.8) is 0 Å². The second kappa shape index (κ2) is 9.71. The summed E-state index contributed by atoms with van der Waals surface area (Å²) in [6.45, 7) is 2.73. The van der Waals surface area contributed by atoms with Crippen molar-refractivity contribution in [2.24, 2.45) is 5.92 Å². The van der Waals surface area contributed by atoms with Crippen molar-refractivity contribution in [1.29, 1.82) is 0 Å². The molecule has 1 saturated heterocycles. The van der Waals surface area contributed by atoms with E-state index in [1.807, 2.05) is 4.90 Å². The molecule has 2 aliphatic rings. The van der Waals surface area contributed by atoms with Gasteiger partial charge in [-0.05, 0) is 49.8 Å². The first-order chi connectivity index (χ1) is 13.5. The third kappa shape index (κ3) is 5.81. The molecule has 0 bridgehead atoms. The fourth-order valence-corrected chi connectivity index (χ4v) is 4.18. The fourth-order valence-electron chi connectivity index (χ4n) is 4.18. The molecule has 2 amide bonds. The number of piperidine rings is 1. The minimum atomic E-state index is -0.414. The molecule has 1 aliphatic heterocycles. The molecule has 6 nitrogen and oxygen atoms in total. The Kier molecular flexibility index (Phi) is 7.06. The summed E-state index contributed by atoms with van der Waals surface area (Å²) >= 11 is 0. The molecular weight excluding hydrogens is 356 g/mol. The van der Waals surface area contributed by atoms with Gasteiger partial charge in [0.15, 0.2) is 0 Å². The van der Waals surface area contributed by atoms with Crippen molar-refractivity contribution < 1.29 is 19.1 Å². The van der Waals surface area contributed by atoms with Crippen LogP contribution in [0, 0.1) is 5.92 Å². The highest BCUT2D eigenvalue weighted by molar-refractivity contribution is 5.95. The number of ether oxygens (including phenoxy) is 1. The van der Waals surface area contributed by atoms with Gasteiger partial charge >= 0.3 is 5.97 Å². The number of benzene rings is 1. The van der Waals surface area contributed by atoms with Crippen molar-refractivity contribution in [1.82, 2.24) is 10.2 Å². The summed E-state index contributed by atoms with van der Waals surface area (Å²) in [4.78, 5) is 38.1. The number of carbonyl (C=O) groups is 3. The number of hydrogen-bond donors (Lipinski definition) is 1. The number of nitrogens with zero attached hydrogens (tertiary/aromatic N) is 1. The quantitative estimate of drug-likeness (QED) is 0.622. The van der Waals surface area contributed by atoms with Gasteiger partial charge in [0.25, 0.3) is 5.91 Å². The van der Waals surface area contributed by atoms with Crippen molar-refractivity contribution in [2.75, 3.05) is 13.1 Å². The van der Waals surface area contributed by atoms with Gasteiger partial charge < -0.3 is 15.0 Å². The first-order valence-electron chi connectivity index (χ1n) is 10.4. The maximum Gasteiger partial charge on any atom is 0.308 e. The van der Waals surface area contributed by atoms with E-state index in [2.05, 4.69) is 5.32 Å². The number of esters is 1. The lowest BCUT2D eigenvalue weighted by atomic mass is 9.86. The lowest BCUT2D eigenvalue weighted by molar-refractivity contribution is -0.133. The van der Waals surface area contributed by atoms with Gasteiger partial charge in [-0.2, -0.15) is 0 Å². The molecule has 2 fully saturated rings. The molecule has 0 atom stereocenters. The number of nitrogens with one attached hydrogen (secondary N) is 1. The molecule has 0 unspecified atom stereocenters. The molecule has 6 heteroatoms. The van der Waals surface area contributed by atoms with E-state index in [0.29, 0.717) is 36.7 Å². The van der Waals surface area contributed by atoms with Gasteiger partial charge in [-0.3, -0.25) is 14.4 Å². The highest BCUT2D eigenvalue weighted by Gasteiger charge is 2.26. The molecule has 1 heterocycles. The Morgan fingerprint density at radius 2 is 1.79 bits per heavy atom. The molecule has 1 N–H and O–H groups in total. The van der Waals surface area contributed by atoms with Crippen molar-refractivity contribution in [3.8, 4) is 5.75 Å². The van der Waals surface area contributed by atoms with Gasteiger partial charge in [-0.1, -0.05) is 25.3 Å². The summed E-state index contributed by atoms with van der Waals surface area (Å²) in [5, 5.41) is 3.04. The van der Waals surface area contributed by atoms with Crippen LogP contribution in [0.15, 0.2) is 24.3 Å². The Labute approximate surface area is 166 Å². The van der Waals surface area contributed by atoms with Crippen molar-refractivity contribution in [2.45, 2.75) is 64.3 Å². The van der Waals surface area contributed by atoms with E-state index in [1.165, 1.54) is 39.0 Å². The Morgan fingerprint density at radius 3 is 2.46 bits per heavy atom. The van der Waals surface area contributed by atoms with Crippen molar-refractivity contribution >= 4 is 17.8 Å². The normalized spacial score (nSPS) is 18.5. The molecule has 0 aromatic heterocycles. The average molecular weight is 386 g/mol. The SMILES string of the molecule is CC(=O)Oc1cccc(C(=O)NC2CCN(C(=O)CC3CCCCC3)CC2)c1. The minimum absolute atomic E-state index is 0.0589. The van der Waals surface area contributed by atoms with E-state index in [1.54, 1.807) is 24.3 Å². The van der Waals surface area contributed by atoms with Crippen LogP contribution in [0.25, 0.3) is 0 Å². The molecule has 152 valence electrons. The smallest absolute Gasteiger partial charge is 0.308 e. The summed E-state index contributed by atoms with van der Waals surface area (Å²) in [6, 6.07) is 6.67. The largest absolute Gasteiger partial charge is 0.427 e. The highest BCUT2D eigenvalue weighted by Crippen LogP contribution is 2.27. The van der Waals surface area contributed by atoms with Crippen LogP contribution in [0.4, 0.5) is 0 Å². The van der Waals surface area contributed by atoms with Gasteiger partial charge in [-0.25, -0.2) is 0 Å². The summed E-state index contributed by atoms with van der Waals surface area (Å²) < 4.78 is 5.03. The van der Waals surface area contributed by atoms with Crippen LogP contribution in [0.2, 0.25) is 0 Å². The Hall–Kier alpha value is -2.37. The summed E-state index contributed by atoms with van der Waals surface area (Å²) in [7, 11) is 0. The van der Waals surface area contributed by atoms with Gasteiger partial charge in [0.1, 0.15) is 5.75 Å². The molecule has 1 aromatic carbocycles. The zero-order valence-corrected chi connectivity index (χ0v) is 16.6. The predicted molar refractivity (Wildman–Crippen MR) is 106 cm³/mol. The molecular formula is C22H30N2O4. The molecule has 0 radical (unpaired) electrons. The first-order valence-corrected chi connectivity index (χ1v) is 10.4. The van der Waals surface area contributed by atoms with Crippen LogP contribution >= 0.6 is 0 Å². The number of likely N-dealkylation sites (tertiary alicyclic amines) is 1. The summed E-state index contributed by atoms with van der Waals surface area (Å²) in [6.07, 6.45) is 8.40. The monoisotopic (exact) mass is 386 g/mol. The Balaban J connectivity index is 1.45. The van der Waals surface area contributed by atoms with Gasteiger partial charge in [0, 0.05) is 38.0 Å². The van der Waals surface area contributed by atoms with E-state index in [-0.39, 0.29) is 17.9 Å². The van der Waals surface area contributed by atoms with Crippen LogP contribution < -0.4 is 10.1 Å². The van der Waals surface area contributed by atoms with E-state index in [9.17, 15) is 14.4 Å². The van der Waals surface area contributed by atoms with E-state index < -0.39 is 5.97 Å². The molecule has 1 aliphatic carbocycles. The predicted octanol–water partition coefficient (Wildman–Crippen LogP) is 3.30. The minimum Gasteiger partial charge on any atom is -0.427 e. The maximum absolute atomic E-state index is 12.5. The third-order valence-electron chi connectivity index (χ3n) is 5.73. The van der Waals surface area contributed by atoms with Crippen molar-refractivity contribution in [3.05, 3.63) is 29.8 Å². The van der Waals surface area contributed by atoms with Crippen LogP contribution in [0.3, 0.4) is 0 Å². The lowest BCUT2D eigenvalue weighted by Crippen LogP contribution is -2.46. The molecule has 3 rings (SSSR count). The fraction of sp³-hybridized carbons (Fsp3) is 0.591. The van der Waals surface area contributed by atoms with Crippen LogP contribution in [0.1, 0.15) is 68.6 Å². The summed E-state index contributed by atoms with van der Waals surface area (Å²) in [5.41, 5.74) is 0.467. The second-order valence-electron chi connectivity index (χ2n) is 7.96. The lowest BCUT2D eigenvalue weighted by Gasteiger charge is -2.33. The van der Waals surface area contributed by atoms with E-state index in [0.717, 1.165) is 12.8 Å². The topological polar surface area (TPSA) is 75.7 Å². The zero-order valence-electron chi connectivity index (χ0n) is 16.6. The van der Waals surface area contributed by atoms with Gasteiger partial charge in [0.2, 0.25) is 5.91 Å². The molecule has 28 heavy (non-hydrogen) atoms. The van der Waals surface area contributed by atoms with Crippen LogP contribution in [-0.2, 0) is 9.59 Å². The number of rotatable bonds is 5. The van der Waals surface area contributed by atoms with E-state index >= 15 is 0 Å². The Bertz CT molecular complexity index is 704. The maximum atomic E-state index is 12.5. The zero-order chi connectivity index (χ0) is 19.9. The molecule has 1 aromatic rings. The molecule has 0 spiro atoms. The first kappa shape index (κ1) is 20.4. The molecule has 1 saturated carbocycles. The standard InChI is InChI=1S/C22H30N2O4/c1-16(25)28-20-9-5-8-18(15-20)22(27)23-19-10-12-24(13-11-19)21(26)14-17-6-3-2-4-7-17/h5,8-9,15,17,19H,2-4,6-7,10-14H2,1H3,(H,23,27).